The van der Waals surface area contributed by atoms with Gasteiger partial charge < -0.3 is 60.2 Å². The van der Waals surface area contributed by atoms with Gasteiger partial charge in [0.05, 0.1) is 0 Å². The highest BCUT2D eigenvalue weighted by Crippen LogP contribution is 2.06. The number of unbranched alkanes of at least 4 members (excludes halogenated alkanes) is 7. The molecule has 0 aromatic heterocycles. The van der Waals surface area contributed by atoms with Crippen molar-refractivity contribution in [2.75, 3.05) is 144 Å². The van der Waals surface area contributed by atoms with E-state index >= 15 is 0 Å². The van der Waals surface area contributed by atoms with Crippen molar-refractivity contribution in [2.45, 2.75) is 89.9 Å². The van der Waals surface area contributed by atoms with Gasteiger partial charge in [0.15, 0.2) is 0 Å². The Kier molecular flexibility index (Phi) is 37.4. The molecule has 0 spiro atoms. The minimum Gasteiger partial charge on any atom is -0.396 e. The highest BCUT2D eigenvalue weighted by Gasteiger charge is 2.15. The van der Waals surface area contributed by atoms with Crippen molar-refractivity contribution in [1.29, 1.82) is 0 Å². The van der Waals surface area contributed by atoms with Crippen molar-refractivity contribution in [2.24, 2.45) is 0 Å². The number of hydrogen-bond donors (Lipinski definition) is 7. The second-order valence-electron chi connectivity index (χ2n) is 13.2. The van der Waals surface area contributed by atoms with E-state index in [2.05, 4.69) is 24.5 Å². The minimum absolute atomic E-state index is 0.208. The molecule has 0 aliphatic heterocycles. The van der Waals surface area contributed by atoms with Crippen molar-refractivity contribution in [3.63, 3.8) is 0 Å². The second-order valence-corrected chi connectivity index (χ2v) is 13.2. The zero-order chi connectivity index (χ0) is 35.3. The molecule has 0 aromatic rings. The van der Waals surface area contributed by atoms with Gasteiger partial charge in [0, 0.05) is 98.6 Å². The largest absolute Gasteiger partial charge is 0.396 e. The van der Waals surface area contributed by atoms with E-state index < -0.39 is 0 Å². The van der Waals surface area contributed by atoms with Gasteiger partial charge in [-0.05, 0) is 136 Å². The molecule has 0 saturated carbocycles. The third-order valence-electron chi connectivity index (χ3n) is 9.11. The Labute approximate surface area is 294 Å². The summed E-state index contributed by atoms with van der Waals surface area (Å²) in [6.45, 7) is 15.7. The highest BCUT2D eigenvalue weighted by atomic mass is 16.3. The Morgan fingerprint density at radius 1 is 0.167 bits per heavy atom. The van der Waals surface area contributed by atoms with Crippen LogP contribution in [0.1, 0.15) is 89.9 Å². The summed E-state index contributed by atoms with van der Waals surface area (Å²) < 4.78 is 0. The van der Waals surface area contributed by atoms with E-state index in [0.717, 1.165) is 188 Å². The first-order valence-electron chi connectivity index (χ1n) is 19.5. The van der Waals surface area contributed by atoms with Crippen molar-refractivity contribution in [3.8, 4) is 0 Å². The monoisotopic (exact) mass is 694 g/mol. The average molecular weight is 694 g/mol. The average Bonchev–Trinajstić information content (AvgIpc) is 3.09. The Morgan fingerprint density at radius 3 is 0.417 bits per heavy atom. The molecule has 290 valence electrons. The summed E-state index contributed by atoms with van der Waals surface area (Å²) >= 11 is 0. The quantitative estimate of drug-likeness (QED) is 0.0456. The Hall–Kier alpha value is -0.480. The molecule has 0 heterocycles. The first kappa shape index (κ1) is 47.5. The Balaban J connectivity index is 5.39. The van der Waals surface area contributed by atoms with Crippen LogP contribution in [0.15, 0.2) is 0 Å². The molecule has 0 saturated heterocycles. The number of hydrogen-bond acceptors (Lipinski definition) is 12. The Bertz CT molecular complexity index is 563. The summed E-state index contributed by atoms with van der Waals surface area (Å²) in [4.78, 5) is 12.5. The second kappa shape index (κ2) is 37.8. The lowest BCUT2D eigenvalue weighted by molar-refractivity contribution is 0.142. The third kappa shape index (κ3) is 30.4. The molecule has 0 aliphatic carbocycles. The van der Waals surface area contributed by atoms with Crippen molar-refractivity contribution in [1.82, 2.24) is 24.5 Å². The van der Waals surface area contributed by atoms with Gasteiger partial charge in [-0.2, -0.15) is 0 Å². The summed E-state index contributed by atoms with van der Waals surface area (Å²) in [5, 5.41) is 65.4. The first-order chi connectivity index (χ1) is 23.6. The summed E-state index contributed by atoms with van der Waals surface area (Å²) in [6, 6.07) is 0. The van der Waals surface area contributed by atoms with Gasteiger partial charge >= 0.3 is 0 Å². The number of nitrogens with zero attached hydrogens (tertiary/aromatic N) is 5. The normalized spacial score (nSPS) is 12.2. The van der Waals surface area contributed by atoms with Crippen LogP contribution < -0.4 is 0 Å². The van der Waals surface area contributed by atoms with Crippen LogP contribution in [0.5, 0.6) is 0 Å². The molecule has 0 unspecified atom stereocenters. The lowest BCUT2D eigenvalue weighted by atomic mass is 10.2. The van der Waals surface area contributed by atoms with E-state index in [1.165, 1.54) is 0 Å². The van der Waals surface area contributed by atoms with Crippen LogP contribution in [0.3, 0.4) is 0 Å². The van der Waals surface area contributed by atoms with E-state index in [1.807, 2.05) is 0 Å². The van der Waals surface area contributed by atoms with E-state index in [0.29, 0.717) is 0 Å². The van der Waals surface area contributed by atoms with Crippen LogP contribution in [-0.4, -0.2) is 205 Å². The fourth-order valence-electron chi connectivity index (χ4n) is 5.94. The first-order valence-corrected chi connectivity index (χ1v) is 19.5. The highest BCUT2D eigenvalue weighted by molar-refractivity contribution is 4.71. The molecule has 12 nitrogen and oxygen atoms in total. The van der Waals surface area contributed by atoms with Crippen molar-refractivity contribution in [3.05, 3.63) is 0 Å². The molecular weight excluding hydrogens is 614 g/mol. The summed E-state index contributed by atoms with van der Waals surface area (Å²) in [7, 11) is 0. The number of aliphatic hydroxyl groups excluding tert-OH is 7. The maximum absolute atomic E-state index is 9.47. The van der Waals surface area contributed by atoms with E-state index in [1.54, 1.807) is 0 Å². The van der Waals surface area contributed by atoms with Crippen LogP contribution in [-0.2, 0) is 0 Å². The maximum Gasteiger partial charge on any atom is 0.0431 e. The van der Waals surface area contributed by atoms with Gasteiger partial charge in [0.2, 0.25) is 0 Å². The predicted molar refractivity (Wildman–Crippen MR) is 196 cm³/mol. The molecule has 0 amide bonds. The molecule has 0 aromatic carbocycles. The fourth-order valence-corrected chi connectivity index (χ4v) is 5.94. The van der Waals surface area contributed by atoms with Crippen LogP contribution in [0.2, 0.25) is 0 Å². The molecule has 0 atom stereocenters. The summed E-state index contributed by atoms with van der Waals surface area (Å²) in [6.07, 6.45) is 12.4. The van der Waals surface area contributed by atoms with Gasteiger partial charge in [-0.3, -0.25) is 0 Å². The molecule has 0 fully saturated rings. The maximum atomic E-state index is 9.47. The topological polar surface area (TPSA) is 158 Å². The van der Waals surface area contributed by atoms with Crippen LogP contribution in [0.4, 0.5) is 0 Å². The third-order valence-corrected chi connectivity index (χ3v) is 9.11. The van der Waals surface area contributed by atoms with Gasteiger partial charge in [-0.1, -0.05) is 0 Å². The van der Waals surface area contributed by atoms with Crippen molar-refractivity contribution >= 4 is 0 Å². The van der Waals surface area contributed by atoms with Gasteiger partial charge in [-0.15, -0.1) is 0 Å². The van der Waals surface area contributed by atoms with Gasteiger partial charge in [-0.25, -0.2) is 0 Å². The number of rotatable bonds is 40. The standard InChI is InChI=1S/C36H79N5O7/c42-30-8-1-15-37(16-2-9-31-43)22-24-39(19-5-12-34-46)26-28-41(21-7-14-36-48)29-27-40(20-6-13-35-47)25-23-38(17-3-10-32-44)18-4-11-33-45/h42-48H,1-36H2. The molecular formula is C36H79N5O7. The molecule has 0 rings (SSSR count). The zero-order valence-electron chi connectivity index (χ0n) is 30.8. The lowest BCUT2D eigenvalue weighted by Gasteiger charge is -2.32. The lowest BCUT2D eigenvalue weighted by Crippen LogP contribution is -2.44. The zero-order valence-corrected chi connectivity index (χ0v) is 30.8. The SMILES string of the molecule is OCCCCN(CCCCO)CCN(CCCCO)CCN(CCCCO)CCN(CCCCO)CCN(CCCCO)CCCCO. The smallest absolute Gasteiger partial charge is 0.0431 e. The van der Waals surface area contributed by atoms with Crippen LogP contribution in [0.25, 0.3) is 0 Å². The molecule has 48 heavy (non-hydrogen) atoms. The van der Waals surface area contributed by atoms with E-state index in [4.69, 9.17) is 0 Å². The van der Waals surface area contributed by atoms with Gasteiger partial charge in [0.1, 0.15) is 0 Å². The van der Waals surface area contributed by atoms with E-state index in [9.17, 15) is 35.7 Å². The summed E-state index contributed by atoms with van der Waals surface area (Å²) in [5.41, 5.74) is 0. The Morgan fingerprint density at radius 2 is 0.292 bits per heavy atom. The summed E-state index contributed by atoms with van der Waals surface area (Å²) in [5.74, 6) is 0. The van der Waals surface area contributed by atoms with Gasteiger partial charge in [0.25, 0.3) is 0 Å². The number of aliphatic hydroxyl groups is 7. The molecule has 0 aliphatic rings. The van der Waals surface area contributed by atoms with Crippen LogP contribution in [0, 0.1) is 0 Å². The van der Waals surface area contributed by atoms with Crippen molar-refractivity contribution < 1.29 is 35.7 Å². The fraction of sp³-hybridized carbons (Fsp3) is 1.00. The molecule has 0 bridgehead atoms. The van der Waals surface area contributed by atoms with Crippen LogP contribution >= 0.6 is 0 Å². The minimum atomic E-state index is 0.208. The molecule has 0 radical (unpaired) electrons. The predicted octanol–water partition coefficient (Wildman–Crippen LogP) is 0.904. The molecule has 12 heteroatoms. The molecule has 7 N–H and O–H groups in total. The van der Waals surface area contributed by atoms with E-state index in [-0.39, 0.29) is 46.2 Å².